The zero-order valence-electron chi connectivity index (χ0n) is 28.7. The van der Waals surface area contributed by atoms with Crippen LogP contribution >= 0.6 is 0 Å². The van der Waals surface area contributed by atoms with E-state index in [-0.39, 0.29) is 42.5 Å². The zero-order chi connectivity index (χ0) is 33.2. The molecule has 1 N–H and O–H groups in total. The Labute approximate surface area is 291 Å². The largest absolute Gasteiger partial charge is 0.512 e. The van der Waals surface area contributed by atoms with E-state index in [1.807, 2.05) is 66.7 Å². The summed E-state index contributed by atoms with van der Waals surface area (Å²) in [5.41, 5.74) is 4.98. The number of benzene rings is 4. The van der Waals surface area contributed by atoms with Gasteiger partial charge in [0, 0.05) is 53.5 Å². The first kappa shape index (κ1) is 36.0. The number of carbonyl (C=O) groups excluding carboxylic acids is 1. The molecule has 0 bridgehead atoms. The van der Waals surface area contributed by atoms with Gasteiger partial charge in [-0.2, -0.15) is 0 Å². The minimum absolute atomic E-state index is 0. The van der Waals surface area contributed by atoms with Crippen LogP contribution in [-0.4, -0.2) is 20.9 Å². The quantitative estimate of drug-likeness (QED) is 0.0717. The molecule has 0 aliphatic rings. The summed E-state index contributed by atoms with van der Waals surface area (Å²) in [5, 5.41) is 15.6. The van der Waals surface area contributed by atoms with Crippen molar-refractivity contribution in [3.8, 4) is 11.3 Å². The molecule has 0 fully saturated rings. The second-order valence-electron chi connectivity index (χ2n) is 12.9. The number of aryl methyl sites for hydroxylation is 2. The van der Waals surface area contributed by atoms with E-state index in [0.29, 0.717) is 0 Å². The standard InChI is InChI=1S/C26H17N2O.C15H28O2.Ir/c1-15-10-12-19-20-8-5-9-22(26(20)29-23(19)14-15)25-21-13-11-17-6-3-4-7-18(17)24(21)27-16(2)28-25;1-7-14(5,8-2)12(16)11-13(17)15(6,9-3)10-4;/h3-8,10-14H,1-2H3;11,16H,7-10H2,1-6H3;/q-1;;/b;12-11-;. The van der Waals surface area contributed by atoms with Gasteiger partial charge in [0.1, 0.15) is 17.2 Å². The third-order valence-corrected chi connectivity index (χ3v) is 10.1. The molecule has 6 rings (SSSR count). The number of furan rings is 1. The summed E-state index contributed by atoms with van der Waals surface area (Å²) in [5.74, 6) is 1.02. The van der Waals surface area contributed by atoms with Crippen LogP contribution in [0.15, 0.2) is 83.0 Å². The molecule has 0 spiro atoms. The van der Waals surface area contributed by atoms with Gasteiger partial charge in [-0.1, -0.05) is 101 Å². The monoisotopic (exact) mass is 806 g/mol. The first-order valence-electron chi connectivity index (χ1n) is 16.4. The Kier molecular flexibility index (Phi) is 11.1. The van der Waals surface area contributed by atoms with Gasteiger partial charge in [0.25, 0.3) is 0 Å². The summed E-state index contributed by atoms with van der Waals surface area (Å²) in [7, 11) is 0. The summed E-state index contributed by atoms with van der Waals surface area (Å²) >= 11 is 0. The Balaban J connectivity index is 0.000000242. The van der Waals surface area contributed by atoms with Gasteiger partial charge in [0.05, 0.1) is 11.1 Å². The van der Waals surface area contributed by atoms with Crippen molar-refractivity contribution in [3.05, 3.63) is 96.0 Å². The van der Waals surface area contributed by atoms with Crippen molar-refractivity contribution in [1.82, 2.24) is 9.97 Å². The zero-order valence-corrected chi connectivity index (χ0v) is 31.1. The number of hydrogen-bond acceptors (Lipinski definition) is 5. The van der Waals surface area contributed by atoms with E-state index >= 15 is 0 Å². The SMILES string of the molecule is CCC(C)(CC)C(=O)/C=C(\O)C(C)(CC)CC.Cc1ccc2c(c1)oc1c(-c3nc(C)nc4c3ccc3ccccc34)[c-]ccc12.[Ir]. The van der Waals surface area contributed by atoms with Crippen LogP contribution in [0.4, 0.5) is 0 Å². The number of hydrogen-bond donors (Lipinski definition) is 1. The summed E-state index contributed by atoms with van der Waals surface area (Å²) in [4.78, 5) is 21.8. The third kappa shape index (κ3) is 6.91. The van der Waals surface area contributed by atoms with E-state index in [9.17, 15) is 9.90 Å². The number of aliphatic hydroxyl groups excluding tert-OH is 1. The minimum atomic E-state index is -0.337. The van der Waals surface area contributed by atoms with Crippen LogP contribution in [0.25, 0.3) is 54.9 Å². The average Bonchev–Trinajstić information content (AvgIpc) is 3.45. The van der Waals surface area contributed by atoms with E-state index in [0.717, 1.165) is 81.0 Å². The van der Waals surface area contributed by atoms with Crippen LogP contribution in [0.5, 0.6) is 0 Å². The first-order chi connectivity index (χ1) is 22.0. The molecule has 0 saturated carbocycles. The fourth-order valence-electron chi connectivity index (χ4n) is 5.87. The van der Waals surface area contributed by atoms with Crippen molar-refractivity contribution in [2.45, 2.75) is 81.1 Å². The maximum atomic E-state index is 12.2. The molecule has 0 atom stereocenters. The number of ketones is 1. The molecule has 2 aromatic heterocycles. The van der Waals surface area contributed by atoms with Crippen LogP contribution in [0, 0.1) is 30.7 Å². The van der Waals surface area contributed by atoms with Gasteiger partial charge >= 0.3 is 0 Å². The molecular weight excluding hydrogens is 761 g/mol. The fraction of sp³-hybridized carbons (Fsp3) is 0.341. The molecule has 2 heterocycles. The molecular formula is C41H45IrN2O3-. The number of aliphatic hydroxyl groups is 1. The van der Waals surface area contributed by atoms with Crippen LogP contribution in [-0.2, 0) is 24.9 Å². The smallest absolute Gasteiger partial charge is 0.164 e. The van der Waals surface area contributed by atoms with Crippen LogP contribution in [0.1, 0.15) is 78.6 Å². The van der Waals surface area contributed by atoms with Crippen LogP contribution < -0.4 is 0 Å². The number of fused-ring (bicyclic) bond motifs is 6. The van der Waals surface area contributed by atoms with Crippen molar-refractivity contribution < 1.29 is 34.4 Å². The summed E-state index contributed by atoms with van der Waals surface area (Å²) in [6.07, 6.45) is 4.75. The van der Waals surface area contributed by atoms with E-state index < -0.39 is 0 Å². The Bertz CT molecular complexity index is 2080. The van der Waals surface area contributed by atoms with Gasteiger partial charge in [-0.15, -0.1) is 18.2 Å². The second kappa shape index (κ2) is 14.5. The normalized spacial score (nSPS) is 12.3. The summed E-state index contributed by atoms with van der Waals surface area (Å²) < 4.78 is 6.30. The molecule has 6 aromatic rings. The van der Waals surface area contributed by atoms with Gasteiger partial charge in [0.2, 0.25) is 0 Å². The molecule has 0 saturated heterocycles. The van der Waals surface area contributed by atoms with Crippen molar-refractivity contribution >= 4 is 49.4 Å². The predicted molar refractivity (Wildman–Crippen MR) is 191 cm³/mol. The fourth-order valence-corrected chi connectivity index (χ4v) is 5.87. The molecule has 0 unspecified atom stereocenters. The van der Waals surface area contributed by atoms with Gasteiger partial charge in [-0.3, -0.25) is 9.78 Å². The molecule has 1 radical (unpaired) electrons. The Hall–Kier alpha value is -3.86. The van der Waals surface area contributed by atoms with E-state index in [2.05, 4.69) is 61.5 Å². The maximum Gasteiger partial charge on any atom is 0.164 e. The number of aromatic nitrogens is 2. The first-order valence-corrected chi connectivity index (χ1v) is 16.4. The number of rotatable bonds is 8. The van der Waals surface area contributed by atoms with Gasteiger partial charge < -0.3 is 9.52 Å². The second-order valence-corrected chi connectivity index (χ2v) is 12.9. The topological polar surface area (TPSA) is 76.2 Å². The molecule has 0 aliphatic carbocycles. The van der Waals surface area contributed by atoms with Crippen molar-refractivity contribution in [2.75, 3.05) is 0 Å². The minimum Gasteiger partial charge on any atom is -0.512 e. The maximum absolute atomic E-state index is 12.2. The molecule has 0 aliphatic heterocycles. The third-order valence-electron chi connectivity index (χ3n) is 10.1. The van der Waals surface area contributed by atoms with Crippen LogP contribution in [0.3, 0.4) is 0 Å². The molecule has 0 amide bonds. The Morgan fingerprint density at radius 1 is 0.830 bits per heavy atom. The molecule has 47 heavy (non-hydrogen) atoms. The Morgan fingerprint density at radius 3 is 2.17 bits per heavy atom. The Morgan fingerprint density at radius 2 is 1.49 bits per heavy atom. The molecule has 5 nitrogen and oxygen atoms in total. The summed E-state index contributed by atoms with van der Waals surface area (Å²) in [6.45, 7) is 16.1. The van der Waals surface area contributed by atoms with Gasteiger partial charge in [0.15, 0.2) is 5.78 Å². The van der Waals surface area contributed by atoms with E-state index in [1.54, 1.807) is 0 Å². The predicted octanol–water partition coefficient (Wildman–Crippen LogP) is 11.4. The number of nitrogens with zero attached hydrogens (tertiary/aromatic N) is 2. The van der Waals surface area contributed by atoms with Crippen LogP contribution in [0.2, 0.25) is 0 Å². The molecule has 247 valence electrons. The van der Waals surface area contributed by atoms with E-state index in [1.165, 1.54) is 17.0 Å². The van der Waals surface area contributed by atoms with Crippen molar-refractivity contribution in [2.24, 2.45) is 10.8 Å². The number of allylic oxidation sites excluding steroid dienone is 2. The van der Waals surface area contributed by atoms with Gasteiger partial charge in [-0.05, 0) is 61.9 Å². The van der Waals surface area contributed by atoms with Gasteiger partial charge in [-0.25, -0.2) is 4.98 Å². The van der Waals surface area contributed by atoms with E-state index in [4.69, 9.17) is 14.4 Å². The molecule has 4 aromatic carbocycles. The average molecular weight is 806 g/mol. The summed E-state index contributed by atoms with van der Waals surface area (Å²) in [6, 6.07) is 26.3. The molecule has 6 heteroatoms. The number of carbonyl (C=O) groups is 1. The van der Waals surface area contributed by atoms with Crippen molar-refractivity contribution in [3.63, 3.8) is 0 Å². The van der Waals surface area contributed by atoms with Crippen molar-refractivity contribution in [1.29, 1.82) is 0 Å².